The number of pyridine rings is 2. The Bertz CT molecular complexity index is 3200. The first kappa shape index (κ1) is 56.1. The molecule has 2 aromatic heterocycles. The number of unbranched alkanes of at least 4 members (excludes halogenated alkanes) is 2. The fraction of sp³-hybridized carbons (Fsp3) is 0.446. The van der Waals surface area contributed by atoms with Crippen molar-refractivity contribution in [3.8, 4) is 11.4 Å². The normalized spacial score (nSPS) is 18.0. The largest absolute Gasteiger partial charge is 0.458 e. The summed E-state index contributed by atoms with van der Waals surface area (Å²) in [7, 11) is 1.62. The molecule has 8 rings (SSSR count). The number of esters is 1. The number of rotatable bonds is 22. The molecule has 2 aromatic carbocycles. The van der Waals surface area contributed by atoms with E-state index in [0.29, 0.717) is 83.1 Å². The summed E-state index contributed by atoms with van der Waals surface area (Å²) in [5.74, 6) is -6.14. The molecule has 6 N–H and O–H groups in total. The highest BCUT2D eigenvalue weighted by molar-refractivity contribution is 6.12. The van der Waals surface area contributed by atoms with E-state index in [-0.39, 0.29) is 61.9 Å². The van der Waals surface area contributed by atoms with Crippen molar-refractivity contribution in [3.05, 3.63) is 110 Å². The number of hydrogen-bond donors (Lipinski definition) is 6. The van der Waals surface area contributed by atoms with Crippen LogP contribution < -0.4 is 32.1 Å². The second-order valence-electron chi connectivity index (χ2n) is 20.3. The van der Waals surface area contributed by atoms with Gasteiger partial charge in [0.05, 0.1) is 54.7 Å². The summed E-state index contributed by atoms with van der Waals surface area (Å²) in [6.45, 7) is 5.39. The summed E-state index contributed by atoms with van der Waals surface area (Å²) >= 11 is 0. The first-order valence-corrected chi connectivity index (χ1v) is 26.3. The lowest BCUT2D eigenvalue weighted by Gasteiger charge is -2.38. The number of carbonyl (C=O) groups is 9. The highest BCUT2D eigenvalue weighted by Gasteiger charge is 2.46. The average molecular weight is 1070 g/mol. The molecule has 5 heterocycles. The third kappa shape index (κ3) is 11.4. The van der Waals surface area contributed by atoms with Crippen molar-refractivity contribution in [3.63, 3.8) is 0 Å². The van der Waals surface area contributed by atoms with Crippen LogP contribution in [-0.4, -0.2) is 123 Å². The number of benzene rings is 2. The van der Waals surface area contributed by atoms with Crippen molar-refractivity contribution in [1.82, 2.24) is 45.9 Å². The first-order valence-electron chi connectivity index (χ1n) is 26.3. The van der Waals surface area contributed by atoms with E-state index in [9.17, 15) is 53.1 Å². The van der Waals surface area contributed by atoms with Crippen molar-refractivity contribution >= 4 is 64.1 Å². The summed E-state index contributed by atoms with van der Waals surface area (Å²) in [5, 5.41) is 25.1. The van der Waals surface area contributed by atoms with Gasteiger partial charge < -0.3 is 45.9 Å². The van der Waals surface area contributed by atoms with Crippen molar-refractivity contribution in [2.45, 2.75) is 122 Å². The van der Waals surface area contributed by atoms with Gasteiger partial charge in [0, 0.05) is 61.2 Å². The number of amides is 8. The SMILES string of the molecule is CCC(C)C(NC(=O)CNC(=O)[C@H](Cc1ccccc1)NC(=O)CNC(=O)CNC(=O)CCCCCN1C(=O)C=CC1=O)C(=O)N(C)[C@H]1CCc2c(C)c(F)cc3nc4c(c1c23)Cn1c-4cc2c(c1=O)COC(=O)[C@]2(O)CC. The van der Waals surface area contributed by atoms with Crippen LogP contribution in [0.2, 0.25) is 0 Å². The maximum atomic E-state index is 15.6. The number of nitrogens with zero attached hydrogens (tertiary/aromatic N) is 4. The van der Waals surface area contributed by atoms with Crippen LogP contribution in [-0.2, 0) is 79.5 Å². The minimum absolute atomic E-state index is 0.0179. The summed E-state index contributed by atoms with van der Waals surface area (Å²) < 4.78 is 22.4. The third-order valence-electron chi connectivity index (χ3n) is 15.4. The Morgan fingerprint density at radius 1 is 0.872 bits per heavy atom. The lowest BCUT2D eigenvalue weighted by atomic mass is 9.80. The van der Waals surface area contributed by atoms with Crippen LogP contribution >= 0.6 is 0 Å². The predicted octanol–water partition coefficient (Wildman–Crippen LogP) is 2.07. The number of imide groups is 1. The smallest absolute Gasteiger partial charge is 0.343 e. The van der Waals surface area contributed by atoms with E-state index in [2.05, 4.69) is 26.6 Å². The molecule has 78 heavy (non-hydrogen) atoms. The molecule has 0 saturated carbocycles. The van der Waals surface area contributed by atoms with Crippen LogP contribution in [0.4, 0.5) is 4.39 Å². The fourth-order valence-corrected chi connectivity index (χ4v) is 10.7. The number of ether oxygens (including phenoxy) is 1. The number of aliphatic hydroxyl groups is 1. The van der Waals surface area contributed by atoms with Crippen LogP contribution in [0.15, 0.2) is 59.4 Å². The highest BCUT2D eigenvalue weighted by Crippen LogP contribution is 2.47. The standard InChI is InChI=1S/C56H64FN9O12/c1-6-30(3)50(63-45(70)27-60-52(73)39(22-32-14-10-8-11-15-32)61-44(69)26-59-43(68)25-58-42(67)16-12-9-13-21-65-46(71)19-20-47(65)72)54(75)64(5)40-18-17-33-31(4)37(57)24-38-48(33)49(40)34-28-66-41(51(34)62-38)23-36-35(53(66)74)29-78-55(76)56(36,77)7-2/h8,10-11,14-15,19-20,23-24,30,39-40,50,77H,6-7,9,12-13,16-18,21-22,25-29H2,1-5H3,(H,58,67)(H,59,68)(H,60,73)(H,61,69)(H,63,70)/t30?,39-,40-,50?,56-/m0/s1. The van der Waals surface area contributed by atoms with Crippen molar-refractivity contribution < 1.29 is 57.4 Å². The summed E-state index contributed by atoms with van der Waals surface area (Å²) in [6.07, 6.45) is 5.22. The molecule has 4 aliphatic rings. The van der Waals surface area contributed by atoms with E-state index in [1.54, 1.807) is 62.2 Å². The Kier molecular flexibility index (Phi) is 17.0. The van der Waals surface area contributed by atoms with E-state index >= 15 is 4.39 Å². The van der Waals surface area contributed by atoms with Gasteiger partial charge in [0.15, 0.2) is 5.60 Å². The second kappa shape index (κ2) is 23.6. The van der Waals surface area contributed by atoms with Gasteiger partial charge in [0.1, 0.15) is 24.5 Å². The van der Waals surface area contributed by atoms with Gasteiger partial charge in [-0.05, 0) is 73.3 Å². The van der Waals surface area contributed by atoms with Gasteiger partial charge in [-0.3, -0.25) is 48.1 Å². The van der Waals surface area contributed by atoms with Gasteiger partial charge in [-0.2, -0.15) is 0 Å². The summed E-state index contributed by atoms with van der Waals surface area (Å²) in [4.78, 5) is 139. The molecule has 0 bridgehead atoms. The zero-order chi connectivity index (χ0) is 56.2. The Morgan fingerprint density at radius 2 is 1.55 bits per heavy atom. The van der Waals surface area contributed by atoms with Crippen LogP contribution in [0, 0.1) is 18.7 Å². The molecular weight excluding hydrogens is 1010 g/mol. The lowest BCUT2D eigenvalue weighted by molar-refractivity contribution is -0.172. The Labute approximate surface area is 448 Å². The van der Waals surface area contributed by atoms with Crippen LogP contribution in [0.3, 0.4) is 0 Å². The van der Waals surface area contributed by atoms with E-state index in [1.807, 2.05) is 13.8 Å². The molecule has 2 unspecified atom stereocenters. The maximum Gasteiger partial charge on any atom is 0.343 e. The van der Waals surface area contributed by atoms with E-state index < -0.39 is 102 Å². The molecule has 22 heteroatoms. The number of aromatic nitrogens is 2. The van der Waals surface area contributed by atoms with E-state index in [0.717, 1.165) is 10.5 Å². The summed E-state index contributed by atoms with van der Waals surface area (Å²) in [6, 6.07) is 8.77. The number of cyclic esters (lactones) is 1. The molecular formula is C56H64FN9O12. The molecule has 0 saturated heterocycles. The fourth-order valence-electron chi connectivity index (χ4n) is 10.7. The molecule has 4 aromatic rings. The van der Waals surface area contributed by atoms with Gasteiger partial charge in [-0.15, -0.1) is 0 Å². The van der Waals surface area contributed by atoms with E-state index in [4.69, 9.17) is 9.72 Å². The van der Waals surface area contributed by atoms with Crippen molar-refractivity contribution in [2.24, 2.45) is 5.92 Å². The first-order chi connectivity index (χ1) is 37.3. The third-order valence-corrected chi connectivity index (χ3v) is 15.4. The lowest BCUT2D eigenvalue weighted by Crippen LogP contribution is -2.55. The monoisotopic (exact) mass is 1070 g/mol. The number of aryl methyl sites for hydroxylation is 1. The average Bonchev–Trinajstić information content (AvgIpc) is 4.16. The number of fused-ring (bicyclic) bond motifs is 5. The number of halogens is 1. The van der Waals surface area contributed by atoms with Gasteiger partial charge in [0.2, 0.25) is 35.4 Å². The molecule has 5 atom stereocenters. The number of likely N-dealkylation sites (N-methyl/N-ethyl adjacent to an activating group) is 1. The molecule has 0 spiro atoms. The summed E-state index contributed by atoms with van der Waals surface area (Å²) in [5.41, 5.74) is 1.80. The molecule has 3 aliphatic heterocycles. The minimum Gasteiger partial charge on any atom is -0.458 e. The quantitative estimate of drug-likeness (QED) is 0.0329. The van der Waals surface area contributed by atoms with Crippen molar-refractivity contribution in [2.75, 3.05) is 33.2 Å². The van der Waals surface area contributed by atoms with Gasteiger partial charge in [-0.25, -0.2) is 14.2 Å². The molecule has 0 radical (unpaired) electrons. The molecule has 412 valence electrons. The predicted molar refractivity (Wildman–Crippen MR) is 280 cm³/mol. The minimum atomic E-state index is -2.07. The van der Waals surface area contributed by atoms with Crippen LogP contribution in [0.25, 0.3) is 22.3 Å². The number of carbonyl (C=O) groups excluding carboxylic acids is 9. The second-order valence-corrected chi connectivity index (χ2v) is 20.3. The van der Waals surface area contributed by atoms with Crippen LogP contribution in [0.1, 0.15) is 111 Å². The molecule has 8 amide bonds. The zero-order valence-corrected chi connectivity index (χ0v) is 44.2. The molecule has 1 aliphatic carbocycles. The molecule has 21 nitrogen and oxygen atoms in total. The van der Waals surface area contributed by atoms with E-state index in [1.165, 1.54) is 22.8 Å². The topological polar surface area (TPSA) is 285 Å². The van der Waals surface area contributed by atoms with Gasteiger partial charge in [-0.1, -0.05) is 63.9 Å². The Morgan fingerprint density at radius 3 is 2.26 bits per heavy atom. The molecule has 0 fully saturated rings. The maximum absolute atomic E-state index is 15.6. The number of hydrogen-bond acceptors (Lipinski definition) is 13. The number of nitrogens with one attached hydrogen (secondary N) is 5. The van der Waals surface area contributed by atoms with Gasteiger partial charge >= 0.3 is 5.97 Å². The zero-order valence-electron chi connectivity index (χ0n) is 44.2. The van der Waals surface area contributed by atoms with Crippen molar-refractivity contribution in [1.29, 1.82) is 0 Å². The highest BCUT2D eigenvalue weighted by atomic mass is 19.1. The Balaban J connectivity index is 0.913. The van der Waals surface area contributed by atoms with Gasteiger partial charge in [0.25, 0.3) is 17.4 Å². The Hall–Kier alpha value is -8.14. The van der Waals surface area contributed by atoms with Crippen LogP contribution in [0.5, 0.6) is 0 Å².